The Morgan fingerprint density at radius 1 is 1.22 bits per heavy atom. The fourth-order valence-electron chi connectivity index (χ4n) is 3.46. The molecule has 1 aromatic rings. The average molecular weight is 249 g/mol. The van der Waals surface area contributed by atoms with Gasteiger partial charge in [0.2, 0.25) is 0 Å². The van der Waals surface area contributed by atoms with E-state index in [-0.39, 0.29) is 11.2 Å². The molecule has 3 heteroatoms. The van der Waals surface area contributed by atoms with E-state index in [9.17, 15) is 4.39 Å². The van der Waals surface area contributed by atoms with E-state index in [2.05, 4.69) is 0 Å². The van der Waals surface area contributed by atoms with Crippen molar-refractivity contribution in [1.82, 2.24) is 0 Å². The topological polar surface area (TPSA) is 35.2 Å². The predicted octanol–water partition coefficient (Wildman–Crippen LogP) is 2.92. The molecule has 0 saturated heterocycles. The lowest BCUT2D eigenvalue weighted by Gasteiger charge is -2.37. The summed E-state index contributed by atoms with van der Waals surface area (Å²) in [7, 11) is 0. The number of fused-ring (bicyclic) bond motifs is 1. The lowest BCUT2D eigenvalue weighted by Crippen LogP contribution is -2.38. The summed E-state index contributed by atoms with van der Waals surface area (Å²) in [6.07, 6.45) is 6.28. The van der Waals surface area contributed by atoms with Crippen LogP contribution in [0.25, 0.3) is 0 Å². The van der Waals surface area contributed by atoms with Crippen LogP contribution < -0.4 is 10.5 Å². The molecule has 0 radical (unpaired) electrons. The van der Waals surface area contributed by atoms with Gasteiger partial charge in [-0.1, -0.05) is 25.3 Å². The predicted molar refractivity (Wildman–Crippen MR) is 69.4 cm³/mol. The van der Waals surface area contributed by atoms with Crippen molar-refractivity contribution in [3.63, 3.8) is 0 Å². The SMILES string of the molecule is NCC1(c2ccc3c(c2F)CCO3)CCCCC1. The fourth-order valence-corrected chi connectivity index (χ4v) is 3.46. The molecule has 2 aliphatic rings. The van der Waals surface area contributed by atoms with Gasteiger partial charge in [-0.15, -0.1) is 0 Å². The molecule has 2 nitrogen and oxygen atoms in total. The molecule has 0 amide bonds. The second-order valence-corrected chi connectivity index (χ2v) is 5.55. The molecule has 1 fully saturated rings. The maximum atomic E-state index is 14.7. The van der Waals surface area contributed by atoms with Crippen molar-refractivity contribution in [3.05, 3.63) is 29.1 Å². The van der Waals surface area contributed by atoms with Gasteiger partial charge in [0.05, 0.1) is 6.61 Å². The van der Waals surface area contributed by atoms with Crippen LogP contribution in [0.3, 0.4) is 0 Å². The molecule has 98 valence electrons. The zero-order valence-electron chi connectivity index (χ0n) is 10.7. The van der Waals surface area contributed by atoms with E-state index in [0.717, 1.165) is 42.6 Å². The smallest absolute Gasteiger partial charge is 0.134 e. The lowest BCUT2D eigenvalue weighted by atomic mass is 9.69. The molecule has 0 spiro atoms. The molecule has 0 unspecified atom stereocenters. The summed E-state index contributed by atoms with van der Waals surface area (Å²) in [5.74, 6) is 0.664. The van der Waals surface area contributed by atoms with Crippen LogP contribution in [-0.2, 0) is 11.8 Å². The van der Waals surface area contributed by atoms with E-state index in [1.54, 1.807) is 0 Å². The highest BCUT2D eigenvalue weighted by Gasteiger charge is 2.36. The van der Waals surface area contributed by atoms with Crippen LogP contribution in [0, 0.1) is 5.82 Å². The second kappa shape index (κ2) is 4.54. The summed E-state index contributed by atoms with van der Waals surface area (Å²) < 4.78 is 20.1. The van der Waals surface area contributed by atoms with E-state index in [4.69, 9.17) is 10.5 Å². The molecule has 1 saturated carbocycles. The van der Waals surface area contributed by atoms with Gasteiger partial charge in [-0.25, -0.2) is 4.39 Å². The zero-order valence-corrected chi connectivity index (χ0v) is 10.7. The summed E-state index contributed by atoms with van der Waals surface area (Å²) >= 11 is 0. The van der Waals surface area contributed by atoms with Gasteiger partial charge in [0, 0.05) is 23.9 Å². The van der Waals surface area contributed by atoms with E-state index < -0.39 is 0 Å². The number of benzene rings is 1. The van der Waals surface area contributed by atoms with Crippen LogP contribution in [0.5, 0.6) is 5.75 Å². The highest BCUT2D eigenvalue weighted by atomic mass is 19.1. The zero-order chi connectivity index (χ0) is 12.6. The van der Waals surface area contributed by atoms with Crippen molar-refractivity contribution in [2.75, 3.05) is 13.2 Å². The third kappa shape index (κ3) is 1.72. The highest BCUT2D eigenvalue weighted by molar-refractivity contribution is 5.44. The minimum Gasteiger partial charge on any atom is -0.493 e. The number of halogens is 1. The van der Waals surface area contributed by atoms with Crippen molar-refractivity contribution >= 4 is 0 Å². The third-order valence-corrected chi connectivity index (χ3v) is 4.58. The normalized spacial score (nSPS) is 21.4. The Hall–Kier alpha value is -1.09. The summed E-state index contributed by atoms with van der Waals surface area (Å²) in [6, 6.07) is 3.82. The highest BCUT2D eigenvalue weighted by Crippen LogP contribution is 2.42. The van der Waals surface area contributed by atoms with Gasteiger partial charge in [-0.2, -0.15) is 0 Å². The van der Waals surface area contributed by atoms with Crippen molar-refractivity contribution in [2.45, 2.75) is 43.9 Å². The maximum Gasteiger partial charge on any atom is 0.134 e. The van der Waals surface area contributed by atoms with Crippen LogP contribution in [0.15, 0.2) is 12.1 Å². The molecule has 1 aromatic carbocycles. The first-order valence-electron chi connectivity index (χ1n) is 6.91. The summed E-state index contributed by atoms with van der Waals surface area (Å²) in [5, 5.41) is 0. The fraction of sp³-hybridized carbons (Fsp3) is 0.600. The second-order valence-electron chi connectivity index (χ2n) is 5.55. The van der Waals surface area contributed by atoms with Crippen molar-refractivity contribution in [2.24, 2.45) is 5.73 Å². The van der Waals surface area contributed by atoms with E-state index in [1.165, 1.54) is 6.42 Å². The molecule has 0 atom stereocenters. The molecular weight excluding hydrogens is 229 g/mol. The molecule has 3 rings (SSSR count). The first kappa shape index (κ1) is 12.0. The number of hydrogen-bond donors (Lipinski definition) is 1. The third-order valence-electron chi connectivity index (χ3n) is 4.58. The van der Waals surface area contributed by atoms with Crippen LogP contribution >= 0.6 is 0 Å². The summed E-state index contributed by atoms with van der Waals surface area (Å²) in [4.78, 5) is 0. The first-order valence-corrected chi connectivity index (χ1v) is 6.91. The van der Waals surface area contributed by atoms with Gasteiger partial charge in [0.15, 0.2) is 0 Å². The minimum atomic E-state index is -0.139. The van der Waals surface area contributed by atoms with Crippen molar-refractivity contribution in [3.8, 4) is 5.75 Å². The van der Waals surface area contributed by atoms with E-state index >= 15 is 0 Å². The Bertz CT molecular complexity index is 452. The lowest BCUT2D eigenvalue weighted by molar-refractivity contribution is 0.291. The molecule has 18 heavy (non-hydrogen) atoms. The van der Waals surface area contributed by atoms with Gasteiger partial charge >= 0.3 is 0 Å². The van der Waals surface area contributed by atoms with Crippen molar-refractivity contribution in [1.29, 1.82) is 0 Å². The summed E-state index contributed by atoms with van der Waals surface area (Å²) in [6.45, 7) is 1.15. The van der Waals surface area contributed by atoms with Gasteiger partial charge in [0.1, 0.15) is 11.6 Å². The Balaban J connectivity index is 2.05. The number of nitrogens with two attached hydrogens (primary N) is 1. The van der Waals surface area contributed by atoms with Gasteiger partial charge in [-0.3, -0.25) is 0 Å². The molecule has 1 aliphatic heterocycles. The van der Waals surface area contributed by atoms with Crippen LogP contribution in [0.2, 0.25) is 0 Å². The van der Waals surface area contributed by atoms with Crippen LogP contribution in [0.4, 0.5) is 4.39 Å². The summed E-state index contributed by atoms with van der Waals surface area (Å²) in [5.41, 5.74) is 7.43. The molecule has 0 bridgehead atoms. The Morgan fingerprint density at radius 3 is 2.72 bits per heavy atom. The van der Waals surface area contributed by atoms with Crippen molar-refractivity contribution < 1.29 is 9.13 Å². The van der Waals surface area contributed by atoms with Crippen LogP contribution in [-0.4, -0.2) is 13.2 Å². The number of hydrogen-bond acceptors (Lipinski definition) is 2. The molecule has 2 N–H and O–H groups in total. The standard InChI is InChI=1S/C15H20FNO/c16-14-11-6-9-18-13(11)5-4-12(14)15(10-17)7-2-1-3-8-15/h4-5H,1-3,6-10,17H2. The number of rotatable bonds is 2. The Kier molecular flexibility index (Phi) is 3.02. The van der Waals surface area contributed by atoms with E-state index in [0.29, 0.717) is 19.6 Å². The molecule has 1 aliphatic carbocycles. The van der Waals surface area contributed by atoms with Gasteiger partial charge < -0.3 is 10.5 Å². The quantitative estimate of drug-likeness (QED) is 0.874. The van der Waals surface area contributed by atoms with E-state index in [1.807, 2.05) is 12.1 Å². The Labute approximate surface area is 107 Å². The largest absolute Gasteiger partial charge is 0.493 e. The first-order chi connectivity index (χ1) is 8.77. The molecule has 1 heterocycles. The minimum absolute atomic E-state index is 0.0580. The molecule has 0 aromatic heterocycles. The average Bonchev–Trinajstić information content (AvgIpc) is 2.89. The number of ether oxygens (including phenoxy) is 1. The maximum absolute atomic E-state index is 14.7. The monoisotopic (exact) mass is 249 g/mol. The van der Waals surface area contributed by atoms with Crippen LogP contribution in [0.1, 0.15) is 43.2 Å². The Morgan fingerprint density at radius 2 is 2.00 bits per heavy atom. The van der Waals surface area contributed by atoms with Gasteiger partial charge in [-0.05, 0) is 24.5 Å². The molecular formula is C15H20FNO. The van der Waals surface area contributed by atoms with Gasteiger partial charge in [0.25, 0.3) is 0 Å².